The van der Waals surface area contributed by atoms with E-state index in [0.717, 1.165) is 23.9 Å². The average Bonchev–Trinajstić information content (AvgIpc) is 2.41. The van der Waals surface area contributed by atoms with Crippen molar-refractivity contribution < 1.29 is 0 Å². The fourth-order valence-corrected chi connectivity index (χ4v) is 4.16. The Morgan fingerprint density at radius 2 is 2.14 bits per heavy atom. The summed E-state index contributed by atoms with van der Waals surface area (Å²) in [6.07, 6.45) is 8.59. The van der Waals surface area contributed by atoms with Gasteiger partial charge in [-0.1, -0.05) is 45.7 Å². The van der Waals surface area contributed by atoms with Crippen molar-refractivity contribution in [2.24, 2.45) is 17.3 Å². The first kappa shape index (κ1) is 16.8. The minimum Gasteiger partial charge on any atom is -0.314 e. The number of hydrogen-bond acceptors (Lipinski definition) is 2. The summed E-state index contributed by atoms with van der Waals surface area (Å²) in [6, 6.07) is 2.70. The van der Waals surface area contributed by atoms with E-state index in [1.807, 2.05) is 6.20 Å². The molecule has 1 N–H and O–H groups in total. The molecule has 0 bridgehead atoms. The third kappa shape index (κ3) is 4.20. The van der Waals surface area contributed by atoms with Gasteiger partial charge in [0.15, 0.2) is 0 Å². The van der Waals surface area contributed by atoms with Crippen LogP contribution in [0.2, 0.25) is 5.02 Å². The first-order chi connectivity index (χ1) is 9.94. The van der Waals surface area contributed by atoms with Crippen molar-refractivity contribution in [2.45, 2.75) is 59.4 Å². The van der Waals surface area contributed by atoms with Gasteiger partial charge >= 0.3 is 0 Å². The van der Waals surface area contributed by atoms with Crippen LogP contribution < -0.4 is 5.32 Å². The molecule has 1 aliphatic rings. The van der Waals surface area contributed by atoms with Crippen LogP contribution in [0.1, 0.15) is 52.5 Å². The van der Waals surface area contributed by atoms with Crippen molar-refractivity contribution in [1.29, 1.82) is 0 Å². The molecule has 0 aliphatic heterocycles. The Labute approximate surface area is 134 Å². The van der Waals surface area contributed by atoms with Gasteiger partial charge in [0.05, 0.1) is 5.02 Å². The Bertz CT molecular complexity index is 458. The van der Waals surface area contributed by atoms with Crippen LogP contribution in [-0.2, 0) is 6.42 Å². The number of nitrogens with zero attached hydrogens (tertiary/aromatic N) is 1. The summed E-state index contributed by atoms with van der Waals surface area (Å²) >= 11 is 6.31. The molecule has 1 aromatic heterocycles. The zero-order chi connectivity index (χ0) is 15.5. The fourth-order valence-electron chi connectivity index (χ4n) is 3.97. The lowest BCUT2D eigenvalue weighted by atomic mass is 9.64. The third-order valence-corrected chi connectivity index (χ3v) is 5.43. The van der Waals surface area contributed by atoms with Crippen LogP contribution in [0.15, 0.2) is 18.5 Å². The molecule has 1 aliphatic carbocycles. The minimum absolute atomic E-state index is 0.248. The van der Waals surface area contributed by atoms with Crippen LogP contribution >= 0.6 is 11.6 Å². The Morgan fingerprint density at radius 3 is 2.81 bits per heavy atom. The highest BCUT2D eigenvalue weighted by atomic mass is 35.5. The summed E-state index contributed by atoms with van der Waals surface area (Å²) in [4.78, 5) is 4.10. The smallest absolute Gasteiger partial charge is 0.0621 e. The van der Waals surface area contributed by atoms with Gasteiger partial charge in [0.2, 0.25) is 0 Å². The maximum Gasteiger partial charge on any atom is 0.0621 e. The number of nitrogens with one attached hydrogen (secondary N) is 1. The van der Waals surface area contributed by atoms with E-state index in [1.165, 1.54) is 24.8 Å². The average molecular weight is 309 g/mol. The molecule has 0 radical (unpaired) electrons. The lowest BCUT2D eigenvalue weighted by Gasteiger charge is -2.45. The topological polar surface area (TPSA) is 24.9 Å². The molecular formula is C18H29ClN2. The van der Waals surface area contributed by atoms with Crippen LogP contribution in [0.4, 0.5) is 0 Å². The molecule has 1 heterocycles. The van der Waals surface area contributed by atoms with Crippen molar-refractivity contribution in [3.63, 3.8) is 0 Å². The quantitative estimate of drug-likeness (QED) is 0.851. The van der Waals surface area contributed by atoms with E-state index in [1.54, 1.807) is 6.20 Å². The molecule has 2 rings (SSSR count). The molecule has 21 heavy (non-hydrogen) atoms. The molecule has 1 aromatic rings. The second-order valence-corrected chi connectivity index (χ2v) is 7.73. The van der Waals surface area contributed by atoms with Crippen LogP contribution in [0.3, 0.4) is 0 Å². The number of halogens is 1. The standard InChI is InChI=1S/C18H29ClN2/c1-5-21-17-10-13(2)6-7-15(17)18(3,4)11-14-8-9-20-12-16(14)19/h8-9,12-13,15,17,21H,5-7,10-11H2,1-4H3. The van der Waals surface area contributed by atoms with Crippen LogP contribution in [0, 0.1) is 17.3 Å². The summed E-state index contributed by atoms with van der Waals surface area (Å²) in [5, 5.41) is 4.53. The van der Waals surface area contributed by atoms with Crippen molar-refractivity contribution in [3.05, 3.63) is 29.0 Å². The largest absolute Gasteiger partial charge is 0.314 e. The predicted octanol–water partition coefficient (Wildman–Crippen LogP) is 4.72. The van der Waals surface area contributed by atoms with Crippen LogP contribution in [0.5, 0.6) is 0 Å². The summed E-state index contributed by atoms with van der Waals surface area (Å²) in [5.74, 6) is 1.54. The normalized spacial score (nSPS) is 26.8. The number of aromatic nitrogens is 1. The van der Waals surface area contributed by atoms with Gasteiger partial charge in [-0.3, -0.25) is 4.98 Å². The molecule has 0 saturated heterocycles. The SMILES string of the molecule is CCNC1CC(C)CCC1C(C)(C)Cc1ccncc1Cl. The van der Waals surface area contributed by atoms with Gasteiger partial charge in [-0.15, -0.1) is 0 Å². The Morgan fingerprint density at radius 1 is 1.38 bits per heavy atom. The molecule has 1 fully saturated rings. The van der Waals surface area contributed by atoms with Gasteiger partial charge in [0.1, 0.15) is 0 Å². The van der Waals surface area contributed by atoms with Gasteiger partial charge in [0, 0.05) is 18.4 Å². The predicted molar refractivity (Wildman–Crippen MR) is 90.7 cm³/mol. The van der Waals surface area contributed by atoms with Gasteiger partial charge in [0.25, 0.3) is 0 Å². The first-order valence-electron chi connectivity index (χ1n) is 8.25. The van der Waals surface area contributed by atoms with Gasteiger partial charge in [-0.2, -0.15) is 0 Å². The fraction of sp³-hybridized carbons (Fsp3) is 0.722. The van der Waals surface area contributed by atoms with Crippen LogP contribution in [-0.4, -0.2) is 17.6 Å². The van der Waals surface area contributed by atoms with E-state index in [0.29, 0.717) is 12.0 Å². The first-order valence-corrected chi connectivity index (χ1v) is 8.63. The molecule has 0 aromatic carbocycles. The summed E-state index contributed by atoms with van der Waals surface area (Å²) in [6.45, 7) is 10.4. The van der Waals surface area contributed by atoms with Crippen molar-refractivity contribution in [1.82, 2.24) is 10.3 Å². The van der Waals surface area contributed by atoms with Crippen molar-refractivity contribution >= 4 is 11.6 Å². The van der Waals surface area contributed by atoms with Crippen LogP contribution in [0.25, 0.3) is 0 Å². The molecule has 2 nitrogen and oxygen atoms in total. The zero-order valence-electron chi connectivity index (χ0n) is 13.8. The number of pyridine rings is 1. The third-order valence-electron chi connectivity index (χ3n) is 5.09. The molecule has 1 saturated carbocycles. The second kappa shape index (κ2) is 7.11. The zero-order valence-corrected chi connectivity index (χ0v) is 14.6. The summed E-state index contributed by atoms with van der Waals surface area (Å²) in [5.41, 5.74) is 1.48. The molecule has 3 heteroatoms. The molecule has 118 valence electrons. The van der Waals surface area contributed by atoms with Gasteiger partial charge < -0.3 is 5.32 Å². The molecule has 3 unspecified atom stereocenters. The van der Waals surface area contributed by atoms with Crippen molar-refractivity contribution in [2.75, 3.05) is 6.54 Å². The molecule has 0 amide bonds. The summed E-state index contributed by atoms with van der Waals surface area (Å²) in [7, 11) is 0. The highest BCUT2D eigenvalue weighted by Gasteiger charge is 2.38. The Hall–Kier alpha value is -0.600. The van der Waals surface area contributed by atoms with E-state index in [2.05, 4.69) is 44.1 Å². The van der Waals surface area contributed by atoms with E-state index in [-0.39, 0.29) is 5.41 Å². The van der Waals surface area contributed by atoms with E-state index < -0.39 is 0 Å². The maximum absolute atomic E-state index is 6.31. The summed E-state index contributed by atoms with van der Waals surface area (Å²) < 4.78 is 0. The Kier molecular flexibility index (Phi) is 5.67. The monoisotopic (exact) mass is 308 g/mol. The highest BCUT2D eigenvalue weighted by Crippen LogP contribution is 2.42. The highest BCUT2D eigenvalue weighted by molar-refractivity contribution is 6.31. The van der Waals surface area contributed by atoms with Gasteiger partial charge in [-0.05, 0) is 54.7 Å². The molecular weight excluding hydrogens is 280 g/mol. The Balaban J connectivity index is 2.14. The van der Waals surface area contributed by atoms with Gasteiger partial charge in [-0.25, -0.2) is 0 Å². The minimum atomic E-state index is 0.248. The lowest BCUT2D eigenvalue weighted by Crippen LogP contribution is -2.47. The van der Waals surface area contributed by atoms with E-state index >= 15 is 0 Å². The van der Waals surface area contributed by atoms with E-state index in [4.69, 9.17) is 11.6 Å². The number of hydrogen-bond donors (Lipinski definition) is 1. The second-order valence-electron chi connectivity index (χ2n) is 7.32. The number of rotatable bonds is 5. The molecule has 3 atom stereocenters. The lowest BCUT2D eigenvalue weighted by molar-refractivity contribution is 0.0950. The van der Waals surface area contributed by atoms with Crippen molar-refractivity contribution in [3.8, 4) is 0 Å². The maximum atomic E-state index is 6.31. The molecule has 0 spiro atoms. The van der Waals surface area contributed by atoms with E-state index in [9.17, 15) is 0 Å².